The van der Waals surface area contributed by atoms with E-state index in [0.717, 1.165) is 18.5 Å². The molecule has 1 fully saturated rings. The van der Waals surface area contributed by atoms with Gasteiger partial charge in [0, 0.05) is 12.1 Å². The number of aromatic nitrogens is 2. The number of nitrogens with one attached hydrogen (secondary N) is 2. The summed E-state index contributed by atoms with van der Waals surface area (Å²) in [4.78, 5) is 19.4. The van der Waals surface area contributed by atoms with Crippen LogP contribution in [0.5, 0.6) is 0 Å². The quantitative estimate of drug-likeness (QED) is 0.872. The number of nitrogens with zero attached hydrogens (tertiary/aromatic N) is 2. The topological polar surface area (TPSA) is 76.1 Å². The SMILES string of the molecule is CC(C)(C)OC(=O)NC1CC(Nc2cncnc2)C1. The van der Waals surface area contributed by atoms with Crippen molar-refractivity contribution >= 4 is 11.8 Å². The molecule has 1 amide bonds. The second kappa shape index (κ2) is 5.42. The van der Waals surface area contributed by atoms with Crippen molar-refractivity contribution < 1.29 is 9.53 Å². The molecule has 0 aromatic carbocycles. The first-order valence-electron chi connectivity index (χ1n) is 6.43. The highest BCUT2D eigenvalue weighted by Gasteiger charge is 2.31. The summed E-state index contributed by atoms with van der Waals surface area (Å²) in [5, 5.41) is 6.17. The maximum Gasteiger partial charge on any atom is 0.407 e. The van der Waals surface area contributed by atoms with Gasteiger partial charge in [-0.05, 0) is 33.6 Å². The number of carbonyl (C=O) groups is 1. The number of rotatable bonds is 3. The summed E-state index contributed by atoms with van der Waals surface area (Å²) in [5.74, 6) is 0. The number of ether oxygens (including phenoxy) is 1. The molecular formula is C13H20N4O2. The lowest BCUT2D eigenvalue weighted by atomic mass is 9.87. The van der Waals surface area contributed by atoms with Gasteiger partial charge in [0.05, 0.1) is 18.1 Å². The molecule has 6 nitrogen and oxygen atoms in total. The van der Waals surface area contributed by atoms with E-state index < -0.39 is 5.60 Å². The zero-order valence-corrected chi connectivity index (χ0v) is 11.5. The van der Waals surface area contributed by atoms with Crippen LogP contribution in [0.4, 0.5) is 10.5 Å². The van der Waals surface area contributed by atoms with Crippen molar-refractivity contribution in [3.63, 3.8) is 0 Å². The Morgan fingerprint density at radius 3 is 2.47 bits per heavy atom. The lowest BCUT2D eigenvalue weighted by molar-refractivity contribution is 0.0475. The Morgan fingerprint density at radius 2 is 1.89 bits per heavy atom. The predicted molar refractivity (Wildman–Crippen MR) is 71.8 cm³/mol. The molecule has 1 heterocycles. The summed E-state index contributed by atoms with van der Waals surface area (Å²) in [7, 11) is 0. The lowest BCUT2D eigenvalue weighted by Gasteiger charge is -2.37. The first-order chi connectivity index (χ1) is 8.92. The van der Waals surface area contributed by atoms with Gasteiger partial charge >= 0.3 is 6.09 Å². The van der Waals surface area contributed by atoms with E-state index in [4.69, 9.17) is 4.74 Å². The Labute approximate surface area is 113 Å². The van der Waals surface area contributed by atoms with Gasteiger partial charge in [-0.15, -0.1) is 0 Å². The zero-order valence-electron chi connectivity index (χ0n) is 11.5. The standard InChI is InChI=1S/C13H20N4O2/c1-13(2,3)19-12(18)17-10-4-9(5-10)16-11-6-14-8-15-7-11/h6-10,16H,4-5H2,1-3H3,(H,17,18). The van der Waals surface area contributed by atoms with Crippen LogP contribution in [0.1, 0.15) is 33.6 Å². The van der Waals surface area contributed by atoms with Crippen molar-refractivity contribution in [2.45, 2.75) is 51.3 Å². The van der Waals surface area contributed by atoms with Crippen molar-refractivity contribution in [1.82, 2.24) is 15.3 Å². The number of carbonyl (C=O) groups excluding carboxylic acids is 1. The fraction of sp³-hybridized carbons (Fsp3) is 0.615. The van der Waals surface area contributed by atoms with E-state index in [1.54, 1.807) is 12.4 Å². The van der Waals surface area contributed by atoms with Crippen molar-refractivity contribution in [3.8, 4) is 0 Å². The van der Waals surface area contributed by atoms with Crippen molar-refractivity contribution in [3.05, 3.63) is 18.7 Å². The summed E-state index contributed by atoms with van der Waals surface area (Å²) in [6.07, 6.45) is 6.39. The van der Waals surface area contributed by atoms with Crippen LogP contribution in [0.2, 0.25) is 0 Å². The summed E-state index contributed by atoms with van der Waals surface area (Å²) in [6.45, 7) is 5.56. The maximum atomic E-state index is 11.6. The third-order valence-electron chi connectivity index (χ3n) is 2.79. The van der Waals surface area contributed by atoms with Crippen LogP contribution in [0.25, 0.3) is 0 Å². The van der Waals surface area contributed by atoms with Gasteiger partial charge < -0.3 is 15.4 Å². The summed E-state index contributed by atoms with van der Waals surface area (Å²) < 4.78 is 5.21. The Hall–Kier alpha value is -1.85. The summed E-state index contributed by atoms with van der Waals surface area (Å²) >= 11 is 0. The van der Waals surface area contributed by atoms with E-state index in [9.17, 15) is 4.79 Å². The number of amides is 1. The molecule has 104 valence electrons. The number of hydrogen-bond donors (Lipinski definition) is 2. The van der Waals surface area contributed by atoms with E-state index >= 15 is 0 Å². The van der Waals surface area contributed by atoms with Crippen LogP contribution in [0.3, 0.4) is 0 Å². The first kappa shape index (κ1) is 13.6. The third kappa shape index (κ3) is 4.39. The third-order valence-corrected chi connectivity index (χ3v) is 2.79. The van der Waals surface area contributed by atoms with E-state index in [-0.39, 0.29) is 12.1 Å². The molecule has 1 aliphatic carbocycles. The largest absolute Gasteiger partial charge is 0.444 e. The van der Waals surface area contributed by atoms with E-state index in [1.807, 2.05) is 20.8 Å². The minimum atomic E-state index is -0.452. The van der Waals surface area contributed by atoms with E-state index in [0.29, 0.717) is 6.04 Å². The molecule has 0 spiro atoms. The highest BCUT2D eigenvalue weighted by atomic mass is 16.6. The van der Waals surface area contributed by atoms with Crippen LogP contribution >= 0.6 is 0 Å². The Bertz CT molecular complexity index is 424. The molecule has 0 bridgehead atoms. The molecule has 2 rings (SSSR count). The van der Waals surface area contributed by atoms with Gasteiger partial charge in [0.25, 0.3) is 0 Å². The average molecular weight is 264 g/mol. The Morgan fingerprint density at radius 1 is 1.26 bits per heavy atom. The summed E-state index contributed by atoms with van der Waals surface area (Å²) in [6, 6.07) is 0.530. The van der Waals surface area contributed by atoms with Crippen LogP contribution in [-0.2, 0) is 4.74 Å². The molecule has 0 atom stereocenters. The minimum absolute atomic E-state index is 0.178. The highest BCUT2D eigenvalue weighted by molar-refractivity contribution is 5.68. The van der Waals surface area contributed by atoms with E-state index in [1.165, 1.54) is 6.33 Å². The first-order valence-corrected chi connectivity index (χ1v) is 6.43. The van der Waals surface area contributed by atoms with Crippen LogP contribution < -0.4 is 10.6 Å². The van der Waals surface area contributed by atoms with Crippen molar-refractivity contribution in [1.29, 1.82) is 0 Å². The molecular weight excluding hydrogens is 244 g/mol. The fourth-order valence-electron chi connectivity index (χ4n) is 1.94. The molecule has 1 aromatic rings. The lowest BCUT2D eigenvalue weighted by Crippen LogP contribution is -2.50. The van der Waals surface area contributed by atoms with Crippen LogP contribution in [0, 0.1) is 0 Å². The molecule has 2 N–H and O–H groups in total. The Kier molecular flexibility index (Phi) is 3.87. The molecule has 0 unspecified atom stereocenters. The zero-order chi connectivity index (χ0) is 13.9. The molecule has 19 heavy (non-hydrogen) atoms. The van der Waals surface area contributed by atoms with Crippen LogP contribution in [-0.4, -0.2) is 33.7 Å². The van der Waals surface area contributed by atoms with Gasteiger partial charge in [-0.3, -0.25) is 0 Å². The molecule has 0 aliphatic heterocycles. The van der Waals surface area contributed by atoms with Gasteiger partial charge in [-0.1, -0.05) is 0 Å². The molecule has 1 aromatic heterocycles. The molecule has 1 aliphatic rings. The minimum Gasteiger partial charge on any atom is -0.444 e. The van der Waals surface area contributed by atoms with Gasteiger partial charge in [0.15, 0.2) is 0 Å². The molecule has 0 saturated heterocycles. The predicted octanol–water partition coefficient (Wildman–Crippen LogP) is 1.94. The van der Waals surface area contributed by atoms with Gasteiger partial charge in [0.2, 0.25) is 0 Å². The Balaban J connectivity index is 1.68. The average Bonchev–Trinajstić information content (AvgIpc) is 2.25. The second-order valence-electron chi connectivity index (χ2n) is 5.78. The summed E-state index contributed by atoms with van der Waals surface area (Å²) in [5.41, 5.74) is 0.454. The molecule has 1 saturated carbocycles. The monoisotopic (exact) mass is 264 g/mol. The van der Waals surface area contributed by atoms with Gasteiger partial charge in [-0.2, -0.15) is 0 Å². The second-order valence-corrected chi connectivity index (χ2v) is 5.78. The fourth-order valence-corrected chi connectivity index (χ4v) is 1.94. The van der Waals surface area contributed by atoms with Crippen molar-refractivity contribution in [2.75, 3.05) is 5.32 Å². The van der Waals surface area contributed by atoms with Crippen LogP contribution in [0.15, 0.2) is 18.7 Å². The number of anilines is 1. The van der Waals surface area contributed by atoms with Crippen molar-refractivity contribution in [2.24, 2.45) is 0 Å². The number of hydrogen-bond acceptors (Lipinski definition) is 5. The maximum absolute atomic E-state index is 11.6. The smallest absolute Gasteiger partial charge is 0.407 e. The molecule has 0 radical (unpaired) electrons. The highest BCUT2D eigenvalue weighted by Crippen LogP contribution is 2.24. The van der Waals surface area contributed by atoms with E-state index in [2.05, 4.69) is 20.6 Å². The van der Waals surface area contributed by atoms with Gasteiger partial charge in [0.1, 0.15) is 11.9 Å². The number of alkyl carbamates (subject to hydrolysis) is 1. The van der Waals surface area contributed by atoms with Gasteiger partial charge in [-0.25, -0.2) is 14.8 Å². The molecule has 6 heteroatoms. The normalized spacial score (nSPS) is 22.3.